The minimum Gasteiger partial charge on any atom is -0.307 e. The van der Waals surface area contributed by atoms with Gasteiger partial charge in [-0.3, -0.25) is 0 Å². The highest BCUT2D eigenvalue weighted by atomic mass is 14.9. The van der Waals surface area contributed by atoms with Gasteiger partial charge in [0.2, 0.25) is 0 Å². The van der Waals surface area contributed by atoms with Crippen LogP contribution in [-0.2, 0) is 0 Å². The molecule has 0 amide bonds. The lowest BCUT2D eigenvalue weighted by atomic mass is 10.2. The smallest absolute Gasteiger partial charge is 0.0227 e. The van der Waals surface area contributed by atoms with Crippen LogP contribution in [-0.4, -0.2) is 12.6 Å². The summed E-state index contributed by atoms with van der Waals surface area (Å²) >= 11 is 0. The van der Waals surface area contributed by atoms with Gasteiger partial charge in [-0.25, -0.2) is 0 Å². The summed E-state index contributed by atoms with van der Waals surface area (Å²) in [4.78, 5) is 0. The van der Waals surface area contributed by atoms with Crippen LogP contribution in [0.1, 0.15) is 19.4 Å². The topological polar surface area (TPSA) is 12.0 Å². The molecular weight excluding hydrogens is 182 g/mol. The molecule has 0 heterocycles. The molecule has 1 aromatic rings. The third-order valence-corrected chi connectivity index (χ3v) is 2.10. The molecule has 0 bridgehead atoms. The van der Waals surface area contributed by atoms with Crippen LogP contribution in [0.4, 0.5) is 0 Å². The third kappa shape index (κ3) is 5.18. The highest BCUT2D eigenvalue weighted by molar-refractivity contribution is 5.49. The fourth-order valence-electron chi connectivity index (χ4n) is 1.22. The van der Waals surface area contributed by atoms with E-state index in [9.17, 15) is 0 Å². The Hall–Kier alpha value is -1.34. The van der Waals surface area contributed by atoms with Crippen LogP contribution in [0, 0.1) is 0 Å². The first-order valence-electron chi connectivity index (χ1n) is 5.29. The SMILES string of the molecule is C=C(C)CNC(C)C=Cc1ccccc1. The summed E-state index contributed by atoms with van der Waals surface area (Å²) in [7, 11) is 0. The van der Waals surface area contributed by atoms with Gasteiger partial charge in [-0.15, -0.1) is 0 Å². The fourth-order valence-corrected chi connectivity index (χ4v) is 1.22. The van der Waals surface area contributed by atoms with Crippen molar-refractivity contribution in [2.45, 2.75) is 19.9 Å². The minimum absolute atomic E-state index is 0.377. The monoisotopic (exact) mass is 201 g/mol. The van der Waals surface area contributed by atoms with Crippen molar-refractivity contribution in [3.8, 4) is 0 Å². The quantitative estimate of drug-likeness (QED) is 0.721. The molecule has 0 aliphatic rings. The van der Waals surface area contributed by atoms with Crippen LogP contribution in [0.15, 0.2) is 48.6 Å². The van der Waals surface area contributed by atoms with Crippen molar-refractivity contribution in [2.24, 2.45) is 0 Å². The van der Waals surface area contributed by atoms with Crippen molar-refractivity contribution in [3.05, 3.63) is 54.1 Å². The molecule has 0 saturated carbocycles. The molecule has 0 saturated heterocycles. The van der Waals surface area contributed by atoms with E-state index in [0.717, 1.165) is 12.1 Å². The van der Waals surface area contributed by atoms with Crippen LogP contribution in [0.3, 0.4) is 0 Å². The second-order valence-corrected chi connectivity index (χ2v) is 3.90. The van der Waals surface area contributed by atoms with Gasteiger partial charge in [0.15, 0.2) is 0 Å². The first-order chi connectivity index (χ1) is 7.18. The predicted octanol–water partition coefficient (Wildman–Crippen LogP) is 3.25. The molecule has 1 N–H and O–H groups in total. The van der Waals surface area contributed by atoms with Crippen LogP contribution in [0.5, 0.6) is 0 Å². The lowest BCUT2D eigenvalue weighted by molar-refractivity contribution is 0.674. The van der Waals surface area contributed by atoms with Gasteiger partial charge in [-0.1, -0.05) is 54.6 Å². The largest absolute Gasteiger partial charge is 0.307 e. The van der Waals surface area contributed by atoms with E-state index in [1.807, 2.05) is 25.1 Å². The Balaban J connectivity index is 2.41. The first kappa shape index (κ1) is 11.7. The van der Waals surface area contributed by atoms with Crippen molar-refractivity contribution < 1.29 is 0 Å². The summed E-state index contributed by atoms with van der Waals surface area (Å²) in [5.41, 5.74) is 2.40. The molecule has 1 aromatic carbocycles. The maximum Gasteiger partial charge on any atom is 0.0227 e. The summed E-state index contributed by atoms with van der Waals surface area (Å²) in [5, 5.41) is 3.37. The van der Waals surface area contributed by atoms with Crippen LogP contribution in [0.25, 0.3) is 6.08 Å². The van der Waals surface area contributed by atoms with Crippen molar-refractivity contribution in [1.82, 2.24) is 5.32 Å². The summed E-state index contributed by atoms with van der Waals surface area (Å²) in [6.45, 7) is 8.90. The Morgan fingerprint density at radius 2 is 2.07 bits per heavy atom. The number of hydrogen-bond donors (Lipinski definition) is 1. The maximum atomic E-state index is 3.86. The van der Waals surface area contributed by atoms with Crippen molar-refractivity contribution in [1.29, 1.82) is 0 Å². The standard InChI is InChI=1S/C14H19N/c1-12(2)11-15-13(3)9-10-14-7-5-4-6-8-14/h4-10,13,15H,1,11H2,2-3H3. The van der Waals surface area contributed by atoms with Gasteiger partial charge >= 0.3 is 0 Å². The minimum atomic E-state index is 0.377. The molecule has 1 rings (SSSR count). The zero-order chi connectivity index (χ0) is 11.1. The Labute approximate surface area is 92.5 Å². The molecule has 1 nitrogen and oxygen atoms in total. The molecule has 0 aliphatic heterocycles. The Morgan fingerprint density at radius 1 is 1.40 bits per heavy atom. The van der Waals surface area contributed by atoms with Crippen molar-refractivity contribution in [3.63, 3.8) is 0 Å². The van der Waals surface area contributed by atoms with Crippen molar-refractivity contribution >= 4 is 6.08 Å². The fraction of sp³-hybridized carbons (Fsp3) is 0.286. The number of hydrogen-bond acceptors (Lipinski definition) is 1. The summed E-state index contributed by atoms with van der Waals surface area (Å²) in [6, 6.07) is 10.7. The van der Waals surface area contributed by atoms with Gasteiger partial charge in [-0.05, 0) is 19.4 Å². The van der Waals surface area contributed by atoms with Crippen molar-refractivity contribution in [2.75, 3.05) is 6.54 Å². The molecular formula is C14H19N. The molecule has 0 aromatic heterocycles. The number of nitrogens with one attached hydrogen (secondary N) is 1. The van der Waals surface area contributed by atoms with E-state index in [1.165, 1.54) is 5.56 Å². The molecule has 80 valence electrons. The van der Waals surface area contributed by atoms with E-state index in [4.69, 9.17) is 0 Å². The van der Waals surface area contributed by atoms with E-state index in [1.54, 1.807) is 0 Å². The zero-order valence-corrected chi connectivity index (χ0v) is 9.53. The molecule has 0 aliphatic carbocycles. The summed E-state index contributed by atoms with van der Waals surface area (Å²) in [6.07, 6.45) is 4.30. The molecule has 1 unspecified atom stereocenters. The number of rotatable bonds is 5. The molecule has 15 heavy (non-hydrogen) atoms. The summed E-state index contributed by atoms with van der Waals surface area (Å²) in [5.74, 6) is 0. The third-order valence-electron chi connectivity index (χ3n) is 2.10. The zero-order valence-electron chi connectivity index (χ0n) is 9.53. The normalized spacial score (nSPS) is 12.9. The van der Waals surface area contributed by atoms with Gasteiger partial charge in [0.05, 0.1) is 0 Å². The van der Waals surface area contributed by atoms with Crippen LogP contribution in [0.2, 0.25) is 0 Å². The highest BCUT2D eigenvalue weighted by Gasteiger charge is 1.94. The molecule has 0 fully saturated rings. The molecule has 0 spiro atoms. The second kappa shape index (κ2) is 6.20. The van der Waals surface area contributed by atoms with E-state index in [2.05, 4.69) is 43.1 Å². The van der Waals surface area contributed by atoms with E-state index < -0.39 is 0 Å². The lowest BCUT2D eigenvalue weighted by Crippen LogP contribution is -2.25. The molecule has 1 atom stereocenters. The second-order valence-electron chi connectivity index (χ2n) is 3.90. The average molecular weight is 201 g/mol. The van der Waals surface area contributed by atoms with Gasteiger partial charge in [0, 0.05) is 12.6 Å². The van der Waals surface area contributed by atoms with Gasteiger partial charge in [0.25, 0.3) is 0 Å². The van der Waals surface area contributed by atoms with Gasteiger partial charge < -0.3 is 5.32 Å². The predicted molar refractivity (Wildman–Crippen MR) is 67.8 cm³/mol. The highest BCUT2D eigenvalue weighted by Crippen LogP contribution is 2.01. The average Bonchev–Trinajstić information content (AvgIpc) is 2.25. The molecule has 0 radical (unpaired) electrons. The van der Waals surface area contributed by atoms with Crippen LogP contribution >= 0.6 is 0 Å². The van der Waals surface area contributed by atoms with E-state index in [0.29, 0.717) is 6.04 Å². The Kier molecular flexibility index (Phi) is 4.85. The molecule has 1 heteroatoms. The summed E-state index contributed by atoms with van der Waals surface area (Å²) < 4.78 is 0. The lowest BCUT2D eigenvalue weighted by Gasteiger charge is -2.08. The van der Waals surface area contributed by atoms with E-state index in [-0.39, 0.29) is 0 Å². The van der Waals surface area contributed by atoms with Gasteiger partial charge in [0.1, 0.15) is 0 Å². The number of benzene rings is 1. The first-order valence-corrected chi connectivity index (χ1v) is 5.29. The van der Waals surface area contributed by atoms with Gasteiger partial charge in [-0.2, -0.15) is 0 Å². The van der Waals surface area contributed by atoms with E-state index >= 15 is 0 Å². The maximum absolute atomic E-state index is 3.86. The Bertz CT molecular complexity index is 324. The Morgan fingerprint density at radius 3 is 2.67 bits per heavy atom. The van der Waals surface area contributed by atoms with Crippen LogP contribution < -0.4 is 5.32 Å².